The van der Waals surface area contributed by atoms with Crippen LogP contribution in [-0.2, 0) is 22.3 Å². The molecule has 0 heterocycles. The number of halogens is 1. The molecule has 0 unspecified atom stereocenters. The SMILES string of the molecule is CCc1ccc(S(=O)(=O)N(C)CCSC)cc1CCl. The van der Waals surface area contributed by atoms with Crippen LogP contribution in [0, 0.1) is 0 Å². The highest BCUT2D eigenvalue weighted by Crippen LogP contribution is 2.21. The molecule has 0 saturated heterocycles. The second-order valence-corrected chi connectivity index (χ2v) is 7.53. The van der Waals surface area contributed by atoms with Gasteiger partial charge in [0, 0.05) is 25.2 Å². The van der Waals surface area contributed by atoms with Crippen LogP contribution < -0.4 is 0 Å². The van der Waals surface area contributed by atoms with Gasteiger partial charge in [-0.3, -0.25) is 0 Å². The molecule has 0 saturated carbocycles. The maximum absolute atomic E-state index is 12.4. The Morgan fingerprint density at radius 2 is 2.00 bits per heavy atom. The third-order valence-electron chi connectivity index (χ3n) is 3.02. The van der Waals surface area contributed by atoms with Crippen molar-refractivity contribution in [3.63, 3.8) is 0 Å². The van der Waals surface area contributed by atoms with E-state index in [-0.39, 0.29) is 0 Å². The number of hydrogen-bond acceptors (Lipinski definition) is 3. The molecule has 0 aliphatic carbocycles. The van der Waals surface area contributed by atoms with E-state index in [1.807, 2.05) is 19.2 Å². The summed E-state index contributed by atoms with van der Waals surface area (Å²) in [5.74, 6) is 1.12. The van der Waals surface area contributed by atoms with Crippen molar-refractivity contribution in [2.45, 2.75) is 24.1 Å². The number of nitrogens with zero attached hydrogens (tertiary/aromatic N) is 1. The molecule has 1 aromatic rings. The van der Waals surface area contributed by atoms with Crippen LogP contribution in [0.1, 0.15) is 18.1 Å². The molecule has 19 heavy (non-hydrogen) atoms. The van der Waals surface area contributed by atoms with Gasteiger partial charge in [-0.1, -0.05) is 13.0 Å². The summed E-state index contributed by atoms with van der Waals surface area (Å²) < 4.78 is 26.2. The summed E-state index contributed by atoms with van der Waals surface area (Å²) in [6.45, 7) is 2.54. The lowest BCUT2D eigenvalue weighted by molar-refractivity contribution is 0.488. The fraction of sp³-hybridized carbons (Fsp3) is 0.538. The smallest absolute Gasteiger partial charge is 0.207 e. The Balaban J connectivity index is 3.08. The van der Waals surface area contributed by atoms with Crippen molar-refractivity contribution in [3.05, 3.63) is 29.3 Å². The summed E-state index contributed by atoms with van der Waals surface area (Å²) in [4.78, 5) is 0.323. The second kappa shape index (κ2) is 7.53. The zero-order valence-electron chi connectivity index (χ0n) is 11.5. The van der Waals surface area contributed by atoms with E-state index < -0.39 is 10.0 Å². The quantitative estimate of drug-likeness (QED) is 0.725. The van der Waals surface area contributed by atoms with Crippen LogP contribution in [0.5, 0.6) is 0 Å². The lowest BCUT2D eigenvalue weighted by Crippen LogP contribution is -2.29. The number of aryl methyl sites for hydroxylation is 1. The number of rotatable bonds is 7. The molecule has 0 atom stereocenters. The van der Waals surface area contributed by atoms with Gasteiger partial charge < -0.3 is 0 Å². The minimum absolute atomic E-state index is 0.323. The van der Waals surface area contributed by atoms with E-state index in [0.717, 1.165) is 23.3 Å². The van der Waals surface area contributed by atoms with E-state index in [1.54, 1.807) is 30.9 Å². The highest BCUT2D eigenvalue weighted by Gasteiger charge is 2.21. The van der Waals surface area contributed by atoms with Gasteiger partial charge in [0.05, 0.1) is 4.90 Å². The first-order valence-corrected chi connectivity index (χ1v) is 9.47. The average molecular weight is 322 g/mol. The lowest BCUT2D eigenvalue weighted by atomic mass is 10.1. The molecular weight excluding hydrogens is 302 g/mol. The molecule has 1 aromatic carbocycles. The highest BCUT2D eigenvalue weighted by atomic mass is 35.5. The molecule has 0 N–H and O–H groups in total. The zero-order chi connectivity index (χ0) is 14.5. The normalized spacial score (nSPS) is 12.1. The topological polar surface area (TPSA) is 37.4 Å². The zero-order valence-corrected chi connectivity index (χ0v) is 13.9. The summed E-state index contributed by atoms with van der Waals surface area (Å²) in [5.41, 5.74) is 1.99. The second-order valence-electron chi connectivity index (χ2n) is 4.24. The Hall–Kier alpha value is -0.230. The van der Waals surface area contributed by atoms with Crippen molar-refractivity contribution in [2.24, 2.45) is 0 Å². The third-order valence-corrected chi connectivity index (χ3v) is 5.75. The molecule has 0 radical (unpaired) electrons. The van der Waals surface area contributed by atoms with Gasteiger partial charge in [0.25, 0.3) is 0 Å². The Bertz CT molecular complexity index is 517. The fourth-order valence-electron chi connectivity index (χ4n) is 1.75. The molecular formula is C13H20ClNO2S2. The Morgan fingerprint density at radius 3 is 2.53 bits per heavy atom. The van der Waals surface area contributed by atoms with Crippen LogP contribution in [-0.4, -0.2) is 38.3 Å². The minimum atomic E-state index is -3.41. The number of sulfonamides is 1. The van der Waals surface area contributed by atoms with Crippen LogP contribution in [0.4, 0.5) is 0 Å². The molecule has 0 spiro atoms. The van der Waals surface area contributed by atoms with Crippen LogP contribution in [0.3, 0.4) is 0 Å². The van der Waals surface area contributed by atoms with E-state index in [1.165, 1.54) is 4.31 Å². The van der Waals surface area contributed by atoms with Crippen LogP contribution in [0.2, 0.25) is 0 Å². The first kappa shape index (κ1) is 16.8. The van der Waals surface area contributed by atoms with Gasteiger partial charge in [-0.25, -0.2) is 12.7 Å². The highest BCUT2D eigenvalue weighted by molar-refractivity contribution is 7.98. The third kappa shape index (κ3) is 4.12. The molecule has 0 fully saturated rings. The number of benzene rings is 1. The molecule has 0 aromatic heterocycles. The van der Waals surface area contributed by atoms with E-state index in [0.29, 0.717) is 17.3 Å². The Labute approximate surface area is 125 Å². The largest absolute Gasteiger partial charge is 0.242 e. The number of alkyl halides is 1. The van der Waals surface area contributed by atoms with Crippen molar-refractivity contribution in [1.82, 2.24) is 4.31 Å². The van der Waals surface area contributed by atoms with Crippen molar-refractivity contribution in [1.29, 1.82) is 0 Å². The molecule has 0 amide bonds. The van der Waals surface area contributed by atoms with Crippen molar-refractivity contribution in [2.75, 3.05) is 25.6 Å². The van der Waals surface area contributed by atoms with Gasteiger partial charge in [-0.2, -0.15) is 11.8 Å². The summed E-state index contributed by atoms with van der Waals surface area (Å²) in [7, 11) is -1.80. The molecule has 6 heteroatoms. The maximum Gasteiger partial charge on any atom is 0.242 e. The van der Waals surface area contributed by atoms with Gasteiger partial charge in [-0.15, -0.1) is 11.6 Å². The Kier molecular flexibility index (Phi) is 6.66. The molecule has 0 bridgehead atoms. The molecule has 3 nitrogen and oxygen atoms in total. The monoisotopic (exact) mass is 321 g/mol. The average Bonchev–Trinajstić information content (AvgIpc) is 2.43. The van der Waals surface area contributed by atoms with Crippen LogP contribution in [0.15, 0.2) is 23.1 Å². The van der Waals surface area contributed by atoms with Crippen LogP contribution in [0.25, 0.3) is 0 Å². The Morgan fingerprint density at radius 1 is 1.32 bits per heavy atom. The van der Waals surface area contributed by atoms with E-state index in [4.69, 9.17) is 11.6 Å². The fourth-order valence-corrected chi connectivity index (χ4v) is 3.80. The first-order chi connectivity index (χ1) is 8.97. The standard InChI is InChI=1S/C13H20ClNO2S2/c1-4-11-5-6-13(9-12(11)10-14)19(16,17)15(2)7-8-18-3/h5-6,9H,4,7-8,10H2,1-3H3. The van der Waals surface area contributed by atoms with Gasteiger partial charge in [0.15, 0.2) is 0 Å². The minimum Gasteiger partial charge on any atom is -0.207 e. The van der Waals surface area contributed by atoms with Gasteiger partial charge in [0.2, 0.25) is 10.0 Å². The van der Waals surface area contributed by atoms with Gasteiger partial charge >= 0.3 is 0 Å². The lowest BCUT2D eigenvalue weighted by Gasteiger charge is -2.17. The summed E-state index contributed by atoms with van der Waals surface area (Å²) >= 11 is 7.51. The molecule has 0 aliphatic rings. The predicted molar refractivity (Wildman–Crippen MR) is 83.6 cm³/mol. The summed E-state index contributed by atoms with van der Waals surface area (Å²) in [6.07, 6.45) is 2.81. The number of thioether (sulfide) groups is 1. The number of hydrogen-bond donors (Lipinski definition) is 0. The molecule has 0 aliphatic heterocycles. The predicted octanol–water partition coefficient (Wildman–Crippen LogP) is 2.97. The van der Waals surface area contributed by atoms with Crippen LogP contribution >= 0.6 is 23.4 Å². The van der Waals surface area contributed by atoms with E-state index >= 15 is 0 Å². The van der Waals surface area contributed by atoms with Crippen molar-refractivity contribution in [3.8, 4) is 0 Å². The summed E-state index contributed by atoms with van der Waals surface area (Å²) in [6, 6.07) is 5.21. The van der Waals surface area contributed by atoms with Crippen molar-refractivity contribution >= 4 is 33.4 Å². The molecule has 108 valence electrons. The first-order valence-electron chi connectivity index (χ1n) is 6.10. The van der Waals surface area contributed by atoms with E-state index in [9.17, 15) is 8.42 Å². The van der Waals surface area contributed by atoms with Gasteiger partial charge in [-0.05, 0) is 35.9 Å². The van der Waals surface area contributed by atoms with E-state index in [2.05, 4.69) is 0 Å². The van der Waals surface area contributed by atoms with Gasteiger partial charge in [0.1, 0.15) is 0 Å². The van der Waals surface area contributed by atoms with Crippen molar-refractivity contribution < 1.29 is 8.42 Å². The maximum atomic E-state index is 12.4. The molecule has 1 rings (SSSR count). The summed E-state index contributed by atoms with van der Waals surface area (Å²) in [5, 5.41) is 0.